The van der Waals surface area contributed by atoms with Crippen LogP contribution in [0.5, 0.6) is 0 Å². The smallest absolute Gasteiger partial charge is 0.303 e. The van der Waals surface area contributed by atoms with Crippen molar-refractivity contribution in [1.29, 1.82) is 0 Å². The summed E-state index contributed by atoms with van der Waals surface area (Å²) in [6.07, 6.45) is 3.53. The second kappa shape index (κ2) is 6.21. The Morgan fingerprint density at radius 2 is 1.80 bits per heavy atom. The number of hydrogen-bond donors (Lipinski definition) is 3. The van der Waals surface area contributed by atoms with Crippen molar-refractivity contribution in [3.8, 4) is 0 Å². The van der Waals surface area contributed by atoms with Crippen LogP contribution in [0, 0.1) is 5.92 Å². The molecule has 2 saturated heterocycles. The normalized spacial score (nSPS) is 28.2. The summed E-state index contributed by atoms with van der Waals surface area (Å²) >= 11 is 0. The van der Waals surface area contributed by atoms with Gasteiger partial charge < -0.3 is 21.1 Å². The van der Waals surface area contributed by atoms with Crippen LogP contribution in [0.2, 0.25) is 0 Å². The molecule has 2 aliphatic rings. The molecule has 0 aromatic heterocycles. The van der Waals surface area contributed by atoms with E-state index in [1.165, 1.54) is 0 Å². The number of amides is 2. The number of hydrogen-bond acceptors (Lipinski definition) is 4. The van der Waals surface area contributed by atoms with Crippen LogP contribution in [-0.4, -0.2) is 53.0 Å². The van der Waals surface area contributed by atoms with Crippen LogP contribution in [0.4, 0.5) is 0 Å². The third-order valence-corrected chi connectivity index (χ3v) is 4.20. The van der Waals surface area contributed by atoms with E-state index in [9.17, 15) is 14.4 Å². The van der Waals surface area contributed by atoms with Crippen LogP contribution >= 0.6 is 0 Å². The molecule has 0 aromatic carbocycles. The van der Waals surface area contributed by atoms with Gasteiger partial charge in [-0.1, -0.05) is 0 Å². The predicted octanol–water partition coefficient (Wildman–Crippen LogP) is -0.694. The fraction of sp³-hybridized carbons (Fsp3) is 0.769. The second-order valence-electron chi connectivity index (χ2n) is 5.60. The molecule has 2 amide bonds. The molecule has 2 heterocycles. The molecule has 0 aliphatic carbocycles. The molecule has 0 saturated carbocycles. The molecule has 2 fully saturated rings. The first-order valence-corrected chi connectivity index (χ1v) is 7.01. The Morgan fingerprint density at radius 3 is 2.30 bits per heavy atom. The van der Waals surface area contributed by atoms with Crippen LogP contribution in [0.25, 0.3) is 0 Å². The van der Waals surface area contributed by atoms with E-state index in [4.69, 9.17) is 10.8 Å². The Hall–Kier alpha value is -1.63. The molecule has 2 rings (SSSR count). The summed E-state index contributed by atoms with van der Waals surface area (Å²) in [4.78, 5) is 35.9. The molecule has 0 spiro atoms. The zero-order valence-corrected chi connectivity index (χ0v) is 11.4. The Morgan fingerprint density at radius 1 is 1.20 bits per heavy atom. The molecule has 7 heteroatoms. The topological polar surface area (TPSA) is 113 Å². The number of nitrogens with two attached hydrogens (primary N) is 1. The molecular formula is C13H21N3O4. The minimum atomic E-state index is -0.774. The van der Waals surface area contributed by atoms with Crippen molar-refractivity contribution in [1.82, 2.24) is 10.2 Å². The molecule has 0 aromatic rings. The molecule has 112 valence electrons. The quantitative estimate of drug-likeness (QED) is 0.618. The number of carbonyl (C=O) groups excluding carboxylic acids is 2. The fourth-order valence-electron chi connectivity index (χ4n) is 3.45. The van der Waals surface area contributed by atoms with E-state index in [-0.39, 0.29) is 49.3 Å². The molecule has 20 heavy (non-hydrogen) atoms. The number of piperidine rings is 1. The number of nitrogens with one attached hydrogen (secondary N) is 1. The van der Waals surface area contributed by atoms with Gasteiger partial charge in [0.1, 0.15) is 0 Å². The van der Waals surface area contributed by atoms with Gasteiger partial charge in [0.25, 0.3) is 0 Å². The minimum Gasteiger partial charge on any atom is -0.481 e. The Balaban J connectivity index is 1.90. The standard InChI is InChI=1S/C13H21N3O4/c14-6-11(17)15-7-12(18)16-9-1-2-10(16)4-8(3-9)5-13(19)20/h8-10H,1-7,14H2,(H,15,17)(H,19,20). The Labute approximate surface area is 117 Å². The predicted molar refractivity (Wildman–Crippen MR) is 70.7 cm³/mol. The molecule has 2 atom stereocenters. The van der Waals surface area contributed by atoms with Gasteiger partial charge in [-0.15, -0.1) is 0 Å². The number of carboxylic acids is 1. The summed E-state index contributed by atoms with van der Waals surface area (Å²) in [6.45, 7) is -0.145. The highest BCUT2D eigenvalue weighted by molar-refractivity contribution is 5.86. The number of carboxylic acid groups (broad SMARTS) is 1. The second-order valence-corrected chi connectivity index (χ2v) is 5.60. The highest BCUT2D eigenvalue weighted by Gasteiger charge is 2.43. The molecule has 2 bridgehead atoms. The fourth-order valence-corrected chi connectivity index (χ4v) is 3.45. The van der Waals surface area contributed by atoms with Crippen molar-refractivity contribution < 1.29 is 19.5 Å². The number of fused-ring (bicyclic) bond motifs is 2. The van der Waals surface area contributed by atoms with E-state index in [0.717, 1.165) is 25.7 Å². The summed E-state index contributed by atoms with van der Waals surface area (Å²) < 4.78 is 0. The highest BCUT2D eigenvalue weighted by atomic mass is 16.4. The van der Waals surface area contributed by atoms with Gasteiger partial charge >= 0.3 is 5.97 Å². The van der Waals surface area contributed by atoms with Crippen LogP contribution in [0.3, 0.4) is 0 Å². The minimum absolute atomic E-state index is 0.0212. The lowest BCUT2D eigenvalue weighted by molar-refractivity contribution is -0.140. The summed E-state index contributed by atoms with van der Waals surface area (Å²) in [7, 11) is 0. The highest BCUT2D eigenvalue weighted by Crippen LogP contribution is 2.39. The first-order valence-electron chi connectivity index (χ1n) is 7.01. The summed E-state index contributed by atoms with van der Waals surface area (Å²) in [5.41, 5.74) is 5.18. The van der Waals surface area contributed by atoms with Crippen molar-refractivity contribution in [3.63, 3.8) is 0 Å². The van der Waals surface area contributed by atoms with E-state index < -0.39 is 5.97 Å². The number of carbonyl (C=O) groups is 3. The SMILES string of the molecule is NCC(=O)NCC(=O)N1C2CCC1CC(CC(=O)O)C2. The lowest BCUT2D eigenvalue weighted by Gasteiger charge is -2.38. The van der Waals surface area contributed by atoms with Crippen LogP contribution in [-0.2, 0) is 14.4 Å². The van der Waals surface area contributed by atoms with Crippen molar-refractivity contribution in [2.75, 3.05) is 13.1 Å². The van der Waals surface area contributed by atoms with Gasteiger partial charge in [0.15, 0.2) is 0 Å². The number of rotatable bonds is 5. The maximum atomic E-state index is 12.2. The van der Waals surface area contributed by atoms with Gasteiger partial charge in [0, 0.05) is 18.5 Å². The molecular weight excluding hydrogens is 262 g/mol. The van der Waals surface area contributed by atoms with Gasteiger partial charge in [-0.25, -0.2) is 0 Å². The lowest BCUT2D eigenvalue weighted by atomic mass is 9.88. The molecule has 4 N–H and O–H groups in total. The van der Waals surface area contributed by atoms with Crippen molar-refractivity contribution >= 4 is 17.8 Å². The monoisotopic (exact) mass is 283 g/mol. The number of aliphatic carboxylic acids is 1. The van der Waals surface area contributed by atoms with Crippen molar-refractivity contribution in [3.05, 3.63) is 0 Å². The number of nitrogens with zero attached hydrogens (tertiary/aromatic N) is 1. The van der Waals surface area contributed by atoms with E-state index in [0.29, 0.717) is 0 Å². The molecule has 0 radical (unpaired) electrons. The maximum absolute atomic E-state index is 12.2. The average molecular weight is 283 g/mol. The summed E-state index contributed by atoms with van der Waals surface area (Å²) in [5, 5.41) is 11.4. The third-order valence-electron chi connectivity index (χ3n) is 4.20. The van der Waals surface area contributed by atoms with Gasteiger partial charge in [-0.2, -0.15) is 0 Å². The van der Waals surface area contributed by atoms with E-state index in [2.05, 4.69) is 5.32 Å². The molecule has 2 unspecified atom stereocenters. The summed E-state index contributed by atoms with van der Waals surface area (Å²) in [5.74, 6) is -1.04. The first kappa shape index (κ1) is 14.8. The van der Waals surface area contributed by atoms with Crippen LogP contribution in [0.1, 0.15) is 32.1 Å². The van der Waals surface area contributed by atoms with Gasteiger partial charge in [-0.3, -0.25) is 14.4 Å². The van der Waals surface area contributed by atoms with Gasteiger partial charge in [0.2, 0.25) is 11.8 Å². The first-order chi connectivity index (χ1) is 9.51. The summed E-state index contributed by atoms with van der Waals surface area (Å²) in [6, 6.07) is 0.251. The largest absolute Gasteiger partial charge is 0.481 e. The zero-order valence-electron chi connectivity index (χ0n) is 11.4. The van der Waals surface area contributed by atoms with E-state index >= 15 is 0 Å². The van der Waals surface area contributed by atoms with Crippen molar-refractivity contribution in [2.45, 2.75) is 44.2 Å². The Kier molecular flexibility index (Phi) is 4.59. The zero-order chi connectivity index (χ0) is 14.7. The lowest BCUT2D eigenvalue weighted by Crippen LogP contribution is -2.50. The average Bonchev–Trinajstić information content (AvgIpc) is 2.66. The van der Waals surface area contributed by atoms with E-state index in [1.807, 2.05) is 4.90 Å². The van der Waals surface area contributed by atoms with Crippen molar-refractivity contribution in [2.24, 2.45) is 11.7 Å². The van der Waals surface area contributed by atoms with Gasteiger partial charge in [-0.05, 0) is 31.6 Å². The van der Waals surface area contributed by atoms with Gasteiger partial charge in [0.05, 0.1) is 13.1 Å². The molecule has 2 aliphatic heterocycles. The molecule has 7 nitrogen and oxygen atoms in total. The maximum Gasteiger partial charge on any atom is 0.303 e. The van der Waals surface area contributed by atoms with Crippen LogP contribution in [0.15, 0.2) is 0 Å². The van der Waals surface area contributed by atoms with Crippen LogP contribution < -0.4 is 11.1 Å². The van der Waals surface area contributed by atoms with E-state index in [1.54, 1.807) is 0 Å². The third kappa shape index (κ3) is 3.27. The Bertz CT molecular complexity index is 398.